The average molecular weight is 546 g/mol. The fourth-order valence-corrected chi connectivity index (χ4v) is 4.83. The fourth-order valence-electron chi connectivity index (χ4n) is 3.85. The number of nitrogens with one attached hydrogen (secondary N) is 1. The summed E-state index contributed by atoms with van der Waals surface area (Å²) in [5.41, 5.74) is 1.69. The highest BCUT2D eigenvalue weighted by Crippen LogP contribution is 2.21. The van der Waals surface area contributed by atoms with Gasteiger partial charge in [-0.05, 0) is 54.4 Å². The van der Waals surface area contributed by atoms with E-state index in [4.69, 9.17) is 11.6 Å². The molecule has 3 aromatic rings. The first-order chi connectivity index (χ1) is 17.6. The maximum atomic E-state index is 13.8. The molecule has 37 heavy (non-hydrogen) atoms. The number of likely N-dealkylation sites (N-methyl/N-ethyl adjacent to an activating group) is 1. The summed E-state index contributed by atoms with van der Waals surface area (Å²) in [5.74, 6) is -1.48. The number of hydrogen-bond donors (Lipinski definition) is 1. The summed E-state index contributed by atoms with van der Waals surface area (Å²) in [6.07, 6.45) is 1.19. The van der Waals surface area contributed by atoms with Crippen LogP contribution in [0.3, 0.4) is 0 Å². The second kappa shape index (κ2) is 12.7. The van der Waals surface area contributed by atoms with E-state index in [0.29, 0.717) is 17.1 Å². The Kier molecular flexibility index (Phi) is 9.66. The van der Waals surface area contributed by atoms with Crippen LogP contribution in [0.25, 0.3) is 0 Å². The van der Waals surface area contributed by atoms with Gasteiger partial charge in [0.05, 0.1) is 11.9 Å². The molecule has 1 N–H and O–H groups in total. The largest absolute Gasteiger partial charge is 0.355 e. The summed E-state index contributed by atoms with van der Waals surface area (Å²) < 4.78 is 39.7. The van der Waals surface area contributed by atoms with Crippen LogP contribution in [0, 0.1) is 5.82 Å². The molecular weight excluding hydrogens is 517 g/mol. The molecule has 0 fully saturated rings. The van der Waals surface area contributed by atoms with Crippen molar-refractivity contribution in [1.82, 2.24) is 10.2 Å². The number of nitrogens with zero attached hydrogens (tertiary/aromatic N) is 2. The summed E-state index contributed by atoms with van der Waals surface area (Å²) in [6, 6.07) is 20.0. The molecule has 0 heterocycles. The minimum atomic E-state index is -3.91. The molecule has 0 aromatic heterocycles. The van der Waals surface area contributed by atoms with Crippen molar-refractivity contribution in [2.75, 3.05) is 23.7 Å². The van der Waals surface area contributed by atoms with E-state index < -0.39 is 34.3 Å². The SMILES string of the molecule is CCNC(=O)[C@@H](Cc1ccccc1)N(Cc1ccc(Cl)cc1)C(=O)CN(c1ccc(F)cc1)S(C)(=O)=O. The lowest BCUT2D eigenvalue weighted by Crippen LogP contribution is -2.53. The molecule has 0 spiro atoms. The number of sulfonamides is 1. The normalized spacial score (nSPS) is 12.0. The van der Waals surface area contributed by atoms with Crippen molar-refractivity contribution in [3.63, 3.8) is 0 Å². The van der Waals surface area contributed by atoms with Crippen LogP contribution in [0.5, 0.6) is 0 Å². The molecule has 0 radical (unpaired) electrons. The van der Waals surface area contributed by atoms with Crippen molar-refractivity contribution >= 4 is 39.1 Å². The van der Waals surface area contributed by atoms with Gasteiger partial charge in [0.2, 0.25) is 21.8 Å². The van der Waals surface area contributed by atoms with Gasteiger partial charge in [0.1, 0.15) is 18.4 Å². The summed E-state index contributed by atoms with van der Waals surface area (Å²) in [7, 11) is -3.91. The van der Waals surface area contributed by atoms with E-state index in [1.54, 1.807) is 31.2 Å². The second-order valence-electron chi connectivity index (χ2n) is 8.49. The Morgan fingerprint density at radius 3 is 2.14 bits per heavy atom. The van der Waals surface area contributed by atoms with E-state index in [-0.39, 0.29) is 24.6 Å². The third-order valence-electron chi connectivity index (χ3n) is 5.68. The van der Waals surface area contributed by atoms with Gasteiger partial charge in [-0.25, -0.2) is 12.8 Å². The molecule has 0 aliphatic rings. The maximum Gasteiger partial charge on any atom is 0.244 e. The lowest BCUT2D eigenvalue weighted by molar-refractivity contribution is -0.140. The van der Waals surface area contributed by atoms with Crippen molar-refractivity contribution in [2.45, 2.75) is 25.9 Å². The maximum absolute atomic E-state index is 13.8. The lowest BCUT2D eigenvalue weighted by atomic mass is 10.0. The quantitative estimate of drug-likeness (QED) is 0.394. The Bertz CT molecular complexity index is 1300. The monoisotopic (exact) mass is 545 g/mol. The van der Waals surface area contributed by atoms with Crippen LogP contribution >= 0.6 is 11.6 Å². The van der Waals surface area contributed by atoms with Gasteiger partial charge < -0.3 is 10.2 Å². The molecule has 10 heteroatoms. The standard InChI is InChI=1S/C27H29ClFN3O4S/c1-3-30-27(34)25(17-20-7-5-4-6-8-20)31(18-21-9-11-22(28)12-10-21)26(33)19-32(37(2,35)36)24-15-13-23(29)14-16-24/h4-16,25H,3,17-19H2,1-2H3,(H,30,34)/t25-/m1/s1. The zero-order valence-corrected chi connectivity index (χ0v) is 22.2. The Labute approximate surface area is 221 Å². The van der Waals surface area contributed by atoms with Gasteiger partial charge in [0, 0.05) is 24.5 Å². The Hall–Kier alpha value is -3.43. The highest BCUT2D eigenvalue weighted by molar-refractivity contribution is 7.92. The van der Waals surface area contributed by atoms with Crippen LogP contribution in [0.4, 0.5) is 10.1 Å². The summed E-state index contributed by atoms with van der Waals surface area (Å²) in [4.78, 5) is 28.4. The van der Waals surface area contributed by atoms with Crippen LogP contribution in [0.2, 0.25) is 5.02 Å². The van der Waals surface area contributed by atoms with Crippen LogP contribution < -0.4 is 9.62 Å². The van der Waals surface area contributed by atoms with E-state index in [0.717, 1.165) is 28.3 Å². The van der Waals surface area contributed by atoms with E-state index in [1.165, 1.54) is 17.0 Å². The molecule has 0 bridgehead atoms. The van der Waals surface area contributed by atoms with Gasteiger partial charge in [-0.3, -0.25) is 13.9 Å². The first kappa shape index (κ1) is 28.1. The molecular formula is C27H29ClFN3O4S. The van der Waals surface area contributed by atoms with Gasteiger partial charge in [0.25, 0.3) is 0 Å². The van der Waals surface area contributed by atoms with Crippen molar-refractivity contribution in [3.8, 4) is 0 Å². The Morgan fingerprint density at radius 1 is 0.946 bits per heavy atom. The van der Waals surface area contributed by atoms with Gasteiger partial charge in [0.15, 0.2) is 0 Å². The molecule has 1 atom stereocenters. The van der Waals surface area contributed by atoms with Crippen LogP contribution in [-0.2, 0) is 32.6 Å². The lowest BCUT2D eigenvalue weighted by Gasteiger charge is -2.33. The number of rotatable bonds is 11. The van der Waals surface area contributed by atoms with Gasteiger partial charge in [-0.2, -0.15) is 0 Å². The third kappa shape index (κ3) is 8.03. The Balaban J connectivity index is 2.02. The minimum absolute atomic E-state index is 0.0473. The zero-order valence-electron chi connectivity index (χ0n) is 20.6. The molecule has 3 aromatic carbocycles. The minimum Gasteiger partial charge on any atom is -0.355 e. The molecule has 3 rings (SSSR count). The number of amides is 2. The summed E-state index contributed by atoms with van der Waals surface area (Å²) in [5, 5.41) is 3.31. The van der Waals surface area contributed by atoms with Crippen LogP contribution in [-0.4, -0.2) is 50.5 Å². The van der Waals surface area contributed by atoms with Crippen LogP contribution in [0.15, 0.2) is 78.9 Å². The smallest absolute Gasteiger partial charge is 0.244 e. The fraction of sp³-hybridized carbons (Fsp3) is 0.259. The average Bonchev–Trinajstić information content (AvgIpc) is 2.86. The van der Waals surface area contributed by atoms with Crippen molar-refractivity contribution < 1.29 is 22.4 Å². The number of halogens is 2. The highest BCUT2D eigenvalue weighted by atomic mass is 35.5. The number of anilines is 1. The number of carbonyl (C=O) groups is 2. The van der Waals surface area contributed by atoms with Gasteiger partial charge in [-0.1, -0.05) is 54.1 Å². The molecule has 0 saturated heterocycles. The first-order valence-corrected chi connectivity index (χ1v) is 13.9. The number of hydrogen-bond acceptors (Lipinski definition) is 4. The van der Waals surface area contributed by atoms with E-state index >= 15 is 0 Å². The Morgan fingerprint density at radius 2 is 1.57 bits per heavy atom. The molecule has 7 nitrogen and oxygen atoms in total. The molecule has 0 aliphatic heterocycles. The number of carbonyl (C=O) groups excluding carboxylic acids is 2. The van der Waals surface area contributed by atoms with E-state index in [2.05, 4.69) is 5.32 Å². The number of benzene rings is 3. The summed E-state index contributed by atoms with van der Waals surface area (Å²) in [6.45, 7) is 1.62. The molecule has 196 valence electrons. The second-order valence-corrected chi connectivity index (χ2v) is 10.8. The molecule has 0 unspecified atom stereocenters. The van der Waals surface area contributed by atoms with Gasteiger partial charge >= 0.3 is 0 Å². The summed E-state index contributed by atoms with van der Waals surface area (Å²) >= 11 is 6.03. The van der Waals surface area contributed by atoms with Crippen molar-refractivity contribution in [1.29, 1.82) is 0 Å². The topological polar surface area (TPSA) is 86.8 Å². The predicted molar refractivity (Wildman–Crippen MR) is 143 cm³/mol. The predicted octanol–water partition coefficient (Wildman–Crippen LogP) is 4.02. The molecule has 2 amide bonds. The van der Waals surface area contributed by atoms with Crippen LogP contribution in [0.1, 0.15) is 18.1 Å². The molecule has 0 saturated carbocycles. The van der Waals surface area contributed by atoms with E-state index in [9.17, 15) is 22.4 Å². The van der Waals surface area contributed by atoms with Crippen molar-refractivity contribution in [2.24, 2.45) is 0 Å². The first-order valence-electron chi connectivity index (χ1n) is 11.7. The van der Waals surface area contributed by atoms with Gasteiger partial charge in [-0.15, -0.1) is 0 Å². The molecule has 0 aliphatic carbocycles. The third-order valence-corrected chi connectivity index (χ3v) is 7.07. The van der Waals surface area contributed by atoms with E-state index in [1.807, 2.05) is 30.3 Å². The zero-order chi connectivity index (χ0) is 27.0. The highest BCUT2D eigenvalue weighted by Gasteiger charge is 2.32. The van der Waals surface area contributed by atoms with Crippen molar-refractivity contribution in [3.05, 3.63) is 101 Å².